The van der Waals surface area contributed by atoms with Crippen LogP contribution in [0.15, 0.2) is 18.2 Å². The molecule has 0 bridgehead atoms. The van der Waals surface area contributed by atoms with Gasteiger partial charge >= 0.3 is 5.69 Å². The predicted octanol–water partition coefficient (Wildman–Crippen LogP) is 1.54. The van der Waals surface area contributed by atoms with Crippen molar-refractivity contribution in [1.82, 2.24) is 4.90 Å². The maximum Gasteiger partial charge on any atom is 0.306 e. The number of hydrogen-bond donors (Lipinski definition) is 1. The second-order valence-corrected chi connectivity index (χ2v) is 4.07. The summed E-state index contributed by atoms with van der Waals surface area (Å²) >= 11 is 0. The monoisotopic (exact) mass is 283 g/mol. The van der Waals surface area contributed by atoms with Crippen molar-refractivity contribution in [3.63, 3.8) is 0 Å². The van der Waals surface area contributed by atoms with Crippen LogP contribution in [0.1, 0.15) is 13.3 Å². The zero-order valence-electron chi connectivity index (χ0n) is 11.1. The Morgan fingerprint density at radius 2 is 2.10 bits per heavy atom. The van der Waals surface area contributed by atoms with Crippen molar-refractivity contribution >= 4 is 23.2 Å². The number of nitrogens with one attached hydrogen (secondary N) is 1. The van der Waals surface area contributed by atoms with Crippen LogP contribution in [0.4, 0.5) is 15.8 Å². The first-order valence-electron chi connectivity index (χ1n) is 5.83. The third-order valence-corrected chi connectivity index (χ3v) is 2.54. The standard InChI is InChI=1S/C12H14FN3O4/c1-3-12(18)15(2)7-11(17)14-8-4-5-9(13)10(6-8)16(19)20/h4-6H,3,7H2,1-2H3,(H,14,17). The van der Waals surface area contributed by atoms with Gasteiger partial charge in [-0.25, -0.2) is 0 Å². The summed E-state index contributed by atoms with van der Waals surface area (Å²) in [6.45, 7) is 1.48. The third kappa shape index (κ3) is 4.01. The molecule has 1 aromatic rings. The molecule has 0 aromatic heterocycles. The molecular formula is C12H14FN3O4. The molecule has 0 saturated carbocycles. The van der Waals surface area contributed by atoms with Gasteiger partial charge in [-0.1, -0.05) is 6.92 Å². The maximum atomic E-state index is 13.1. The van der Waals surface area contributed by atoms with Crippen LogP contribution in [0.5, 0.6) is 0 Å². The number of likely N-dealkylation sites (N-methyl/N-ethyl adjacent to an activating group) is 1. The van der Waals surface area contributed by atoms with Gasteiger partial charge in [0.25, 0.3) is 0 Å². The van der Waals surface area contributed by atoms with Crippen molar-refractivity contribution in [3.8, 4) is 0 Å². The second-order valence-electron chi connectivity index (χ2n) is 4.07. The number of benzene rings is 1. The molecule has 0 radical (unpaired) electrons. The SMILES string of the molecule is CCC(=O)N(C)CC(=O)Nc1ccc(F)c([N+](=O)[O-])c1. The van der Waals surface area contributed by atoms with E-state index in [2.05, 4.69) is 5.32 Å². The number of halogens is 1. The van der Waals surface area contributed by atoms with Gasteiger partial charge in [-0.3, -0.25) is 19.7 Å². The number of amides is 2. The van der Waals surface area contributed by atoms with Crippen LogP contribution in [0.25, 0.3) is 0 Å². The highest BCUT2D eigenvalue weighted by Crippen LogP contribution is 2.21. The number of nitro groups is 1. The van der Waals surface area contributed by atoms with E-state index in [4.69, 9.17) is 0 Å². The Hall–Kier alpha value is -2.51. The van der Waals surface area contributed by atoms with E-state index in [1.54, 1.807) is 6.92 Å². The number of nitro benzene ring substituents is 1. The van der Waals surface area contributed by atoms with Gasteiger partial charge in [-0.05, 0) is 12.1 Å². The Morgan fingerprint density at radius 1 is 1.45 bits per heavy atom. The summed E-state index contributed by atoms with van der Waals surface area (Å²) in [6, 6.07) is 3.03. The van der Waals surface area contributed by atoms with Crippen LogP contribution in [0.3, 0.4) is 0 Å². The molecule has 1 rings (SSSR count). The fourth-order valence-electron chi connectivity index (χ4n) is 1.50. The van der Waals surface area contributed by atoms with Crippen LogP contribution in [-0.2, 0) is 9.59 Å². The van der Waals surface area contributed by atoms with Crippen molar-refractivity contribution in [2.75, 3.05) is 18.9 Å². The lowest BCUT2D eigenvalue weighted by Gasteiger charge is -2.15. The predicted molar refractivity (Wildman–Crippen MR) is 69.6 cm³/mol. The molecule has 0 spiro atoms. The molecular weight excluding hydrogens is 269 g/mol. The Labute approximate surface area is 114 Å². The topological polar surface area (TPSA) is 92.6 Å². The summed E-state index contributed by atoms with van der Waals surface area (Å²) in [4.78, 5) is 33.9. The number of nitrogens with zero attached hydrogens (tertiary/aromatic N) is 2. The van der Waals surface area contributed by atoms with E-state index in [1.807, 2.05) is 0 Å². The highest BCUT2D eigenvalue weighted by molar-refractivity contribution is 5.94. The van der Waals surface area contributed by atoms with Crippen molar-refractivity contribution in [2.45, 2.75) is 13.3 Å². The zero-order valence-corrected chi connectivity index (χ0v) is 11.1. The van der Waals surface area contributed by atoms with Crippen molar-refractivity contribution in [3.05, 3.63) is 34.1 Å². The van der Waals surface area contributed by atoms with Crippen LogP contribution < -0.4 is 5.32 Å². The normalized spacial score (nSPS) is 9.95. The average molecular weight is 283 g/mol. The summed E-state index contributed by atoms with van der Waals surface area (Å²) in [5.74, 6) is -1.70. The molecule has 20 heavy (non-hydrogen) atoms. The van der Waals surface area contributed by atoms with Gasteiger partial charge in [-0.15, -0.1) is 0 Å². The lowest BCUT2D eigenvalue weighted by atomic mass is 10.2. The molecule has 2 amide bonds. The fraction of sp³-hybridized carbons (Fsp3) is 0.333. The molecule has 1 N–H and O–H groups in total. The van der Waals surface area contributed by atoms with Gasteiger partial charge in [0.05, 0.1) is 11.5 Å². The first-order valence-corrected chi connectivity index (χ1v) is 5.83. The second kappa shape index (κ2) is 6.60. The minimum absolute atomic E-state index is 0.0976. The average Bonchev–Trinajstić information content (AvgIpc) is 2.39. The van der Waals surface area contributed by atoms with E-state index in [-0.39, 0.29) is 24.6 Å². The van der Waals surface area contributed by atoms with Crippen molar-refractivity contribution in [1.29, 1.82) is 0 Å². The molecule has 108 valence electrons. The maximum absolute atomic E-state index is 13.1. The van der Waals surface area contributed by atoms with Crippen LogP contribution in [0.2, 0.25) is 0 Å². The lowest BCUT2D eigenvalue weighted by molar-refractivity contribution is -0.387. The molecule has 0 unspecified atom stereocenters. The van der Waals surface area contributed by atoms with Gasteiger partial charge < -0.3 is 10.2 Å². The molecule has 7 nitrogen and oxygen atoms in total. The van der Waals surface area contributed by atoms with E-state index in [1.165, 1.54) is 18.0 Å². The van der Waals surface area contributed by atoms with E-state index in [9.17, 15) is 24.1 Å². The van der Waals surface area contributed by atoms with Gasteiger partial charge in [0.15, 0.2) is 0 Å². The smallest absolute Gasteiger partial charge is 0.306 e. The molecule has 0 aliphatic carbocycles. The van der Waals surface area contributed by atoms with Crippen LogP contribution in [-0.4, -0.2) is 35.2 Å². The molecule has 0 fully saturated rings. The van der Waals surface area contributed by atoms with Gasteiger partial charge in [-0.2, -0.15) is 4.39 Å². The molecule has 0 atom stereocenters. The Morgan fingerprint density at radius 3 is 2.65 bits per heavy atom. The van der Waals surface area contributed by atoms with Gasteiger partial charge in [0.2, 0.25) is 17.6 Å². The zero-order chi connectivity index (χ0) is 15.3. The first-order chi connectivity index (χ1) is 9.35. The van der Waals surface area contributed by atoms with E-state index < -0.39 is 22.3 Å². The molecule has 1 aromatic carbocycles. The van der Waals surface area contributed by atoms with E-state index >= 15 is 0 Å². The minimum Gasteiger partial charge on any atom is -0.336 e. The fourth-order valence-corrected chi connectivity index (χ4v) is 1.50. The lowest BCUT2D eigenvalue weighted by Crippen LogP contribution is -2.34. The quantitative estimate of drug-likeness (QED) is 0.655. The summed E-state index contributed by atoms with van der Waals surface area (Å²) in [7, 11) is 1.47. The van der Waals surface area contributed by atoms with Crippen LogP contribution >= 0.6 is 0 Å². The number of hydrogen-bond acceptors (Lipinski definition) is 4. The Kier molecular flexibility index (Phi) is 5.13. The Bertz CT molecular complexity index is 548. The summed E-state index contributed by atoms with van der Waals surface area (Å²) in [5.41, 5.74) is -0.624. The molecule has 0 aliphatic heterocycles. The van der Waals surface area contributed by atoms with E-state index in [0.717, 1.165) is 12.1 Å². The Balaban J connectivity index is 2.74. The molecule has 0 saturated heterocycles. The highest BCUT2D eigenvalue weighted by Gasteiger charge is 2.16. The van der Waals surface area contributed by atoms with Crippen LogP contribution in [0, 0.1) is 15.9 Å². The van der Waals surface area contributed by atoms with E-state index in [0.29, 0.717) is 0 Å². The summed E-state index contributed by atoms with van der Waals surface area (Å²) < 4.78 is 13.1. The number of anilines is 1. The summed E-state index contributed by atoms with van der Waals surface area (Å²) in [6.07, 6.45) is 0.270. The van der Waals surface area contributed by atoms with Crippen molar-refractivity contribution in [2.24, 2.45) is 0 Å². The minimum atomic E-state index is -0.980. The highest BCUT2D eigenvalue weighted by atomic mass is 19.1. The number of carbonyl (C=O) groups is 2. The molecule has 8 heteroatoms. The van der Waals surface area contributed by atoms with Crippen molar-refractivity contribution < 1.29 is 18.9 Å². The first kappa shape index (κ1) is 15.5. The molecule has 0 aliphatic rings. The largest absolute Gasteiger partial charge is 0.336 e. The number of carbonyl (C=O) groups excluding carboxylic acids is 2. The third-order valence-electron chi connectivity index (χ3n) is 2.54. The summed E-state index contributed by atoms with van der Waals surface area (Å²) in [5, 5.41) is 12.9. The molecule has 0 heterocycles. The number of rotatable bonds is 5. The van der Waals surface area contributed by atoms with Gasteiger partial charge in [0, 0.05) is 25.2 Å². The van der Waals surface area contributed by atoms with Gasteiger partial charge in [0.1, 0.15) is 0 Å².